The highest BCUT2D eigenvalue weighted by atomic mass is 19.1. The molecule has 1 aromatic rings. The molecule has 1 atom stereocenters. The van der Waals surface area contributed by atoms with Gasteiger partial charge in [0.1, 0.15) is 5.82 Å². The molecule has 0 aromatic heterocycles. The summed E-state index contributed by atoms with van der Waals surface area (Å²) >= 11 is 0. The Kier molecular flexibility index (Phi) is 2.05. The van der Waals surface area contributed by atoms with Gasteiger partial charge in [-0.05, 0) is 25.5 Å². The molecular formula is C11H12FN. The monoisotopic (exact) mass is 177 g/mol. The summed E-state index contributed by atoms with van der Waals surface area (Å²) in [7, 11) is 0. The Morgan fingerprint density at radius 1 is 1.38 bits per heavy atom. The van der Waals surface area contributed by atoms with Gasteiger partial charge in [-0.2, -0.15) is 0 Å². The van der Waals surface area contributed by atoms with Crippen LogP contribution in [0.2, 0.25) is 0 Å². The third-order valence-electron chi connectivity index (χ3n) is 2.24. The van der Waals surface area contributed by atoms with Crippen molar-refractivity contribution in [1.29, 1.82) is 0 Å². The molecule has 1 heterocycles. The predicted molar refractivity (Wildman–Crippen MR) is 51.6 cm³/mol. The Bertz CT molecular complexity index is 344. The fourth-order valence-electron chi connectivity index (χ4n) is 1.55. The maximum atomic E-state index is 13.3. The third-order valence-corrected chi connectivity index (χ3v) is 2.24. The van der Waals surface area contributed by atoms with Gasteiger partial charge in [0.05, 0.1) is 0 Å². The molecule has 2 rings (SSSR count). The second kappa shape index (κ2) is 3.21. The molecule has 0 amide bonds. The van der Waals surface area contributed by atoms with E-state index in [0.717, 1.165) is 12.1 Å². The van der Waals surface area contributed by atoms with Gasteiger partial charge in [0.2, 0.25) is 0 Å². The lowest BCUT2D eigenvalue weighted by Gasteiger charge is -2.08. The lowest BCUT2D eigenvalue weighted by Crippen LogP contribution is -2.17. The smallest absolute Gasteiger partial charge is 0.132 e. The molecule has 0 spiro atoms. The van der Waals surface area contributed by atoms with E-state index in [1.54, 1.807) is 12.1 Å². The maximum absolute atomic E-state index is 13.3. The maximum Gasteiger partial charge on any atom is 0.132 e. The van der Waals surface area contributed by atoms with Crippen LogP contribution in [-0.2, 0) is 0 Å². The van der Waals surface area contributed by atoms with Crippen molar-refractivity contribution in [3.05, 3.63) is 41.7 Å². The standard InChI is InChI=1S/C11H12FN/c1-8-6-7-11(13-8)9-4-2-3-5-10(9)12/h2-5,7-8,13H,6H2,1H3. The van der Waals surface area contributed by atoms with E-state index in [1.165, 1.54) is 6.07 Å². The van der Waals surface area contributed by atoms with E-state index in [4.69, 9.17) is 0 Å². The van der Waals surface area contributed by atoms with Gasteiger partial charge in [0.25, 0.3) is 0 Å². The second-order valence-electron chi connectivity index (χ2n) is 3.38. The molecule has 0 radical (unpaired) electrons. The first-order chi connectivity index (χ1) is 6.27. The lowest BCUT2D eigenvalue weighted by atomic mass is 10.1. The Morgan fingerprint density at radius 3 is 2.77 bits per heavy atom. The Morgan fingerprint density at radius 2 is 2.15 bits per heavy atom. The number of halogens is 1. The molecule has 68 valence electrons. The molecule has 0 aliphatic carbocycles. The molecule has 1 nitrogen and oxygen atoms in total. The topological polar surface area (TPSA) is 12.0 Å². The second-order valence-corrected chi connectivity index (χ2v) is 3.38. The van der Waals surface area contributed by atoms with Crippen LogP contribution in [0.1, 0.15) is 18.9 Å². The van der Waals surface area contributed by atoms with Crippen molar-refractivity contribution in [2.45, 2.75) is 19.4 Å². The zero-order chi connectivity index (χ0) is 9.26. The SMILES string of the molecule is CC1CC=C(c2ccccc2F)N1. The fourth-order valence-corrected chi connectivity index (χ4v) is 1.55. The minimum absolute atomic E-state index is 0.157. The van der Waals surface area contributed by atoms with Gasteiger partial charge < -0.3 is 5.32 Å². The van der Waals surface area contributed by atoms with Gasteiger partial charge in [-0.15, -0.1) is 0 Å². The van der Waals surface area contributed by atoms with E-state index in [1.807, 2.05) is 12.1 Å². The number of benzene rings is 1. The van der Waals surface area contributed by atoms with Gasteiger partial charge in [-0.3, -0.25) is 0 Å². The van der Waals surface area contributed by atoms with Crippen LogP contribution >= 0.6 is 0 Å². The summed E-state index contributed by atoms with van der Waals surface area (Å²) in [6, 6.07) is 7.27. The van der Waals surface area contributed by atoms with Gasteiger partial charge in [-0.1, -0.05) is 18.2 Å². The van der Waals surface area contributed by atoms with Crippen LogP contribution in [0.25, 0.3) is 5.70 Å². The van der Waals surface area contributed by atoms with Crippen molar-refractivity contribution in [2.75, 3.05) is 0 Å². The molecule has 1 unspecified atom stereocenters. The Hall–Kier alpha value is -1.31. The van der Waals surface area contributed by atoms with Crippen molar-refractivity contribution >= 4 is 5.70 Å². The molecule has 0 saturated heterocycles. The molecule has 0 fully saturated rings. The van der Waals surface area contributed by atoms with E-state index in [2.05, 4.69) is 12.2 Å². The lowest BCUT2D eigenvalue weighted by molar-refractivity contribution is 0.620. The van der Waals surface area contributed by atoms with Crippen LogP contribution in [0.4, 0.5) is 4.39 Å². The minimum Gasteiger partial charge on any atom is -0.382 e. The van der Waals surface area contributed by atoms with Crippen molar-refractivity contribution < 1.29 is 4.39 Å². The third kappa shape index (κ3) is 1.57. The van der Waals surface area contributed by atoms with Gasteiger partial charge in [-0.25, -0.2) is 4.39 Å². The van der Waals surface area contributed by atoms with E-state index >= 15 is 0 Å². The molecule has 1 aliphatic rings. The summed E-state index contributed by atoms with van der Waals surface area (Å²) in [4.78, 5) is 0. The normalized spacial score (nSPS) is 21.1. The molecule has 2 heteroatoms. The van der Waals surface area contributed by atoms with Crippen molar-refractivity contribution in [3.63, 3.8) is 0 Å². The zero-order valence-electron chi connectivity index (χ0n) is 7.55. The summed E-state index contributed by atoms with van der Waals surface area (Å²) in [6.45, 7) is 2.09. The molecule has 0 bridgehead atoms. The Balaban J connectivity index is 2.31. The zero-order valence-corrected chi connectivity index (χ0v) is 7.55. The molecule has 13 heavy (non-hydrogen) atoms. The van der Waals surface area contributed by atoms with E-state index in [-0.39, 0.29) is 5.82 Å². The first-order valence-corrected chi connectivity index (χ1v) is 4.49. The summed E-state index contributed by atoms with van der Waals surface area (Å²) in [5.74, 6) is -0.157. The summed E-state index contributed by atoms with van der Waals surface area (Å²) < 4.78 is 13.3. The van der Waals surface area contributed by atoms with Crippen LogP contribution in [0.15, 0.2) is 30.3 Å². The predicted octanol–water partition coefficient (Wildman–Crippen LogP) is 2.55. The van der Waals surface area contributed by atoms with Crippen LogP contribution in [0.3, 0.4) is 0 Å². The highest BCUT2D eigenvalue weighted by molar-refractivity contribution is 5.66. The molecular weight excluding hydrogens is 165 g/mol. The first-order valence-electron chi connectivity index (χ1n) is 4.49. The summed E-state index contributed by atoms with van der Waals surface area (Å²) in [5, 5.41) is 3.23. The average Bonchev–Trinajstić information content (AvgIpc) is 2.53. The average molecular weight is 177 g/mol. The summed E-state index contributed by atoms with van der Waals surface area (Å²) in [6.07, 6.45) is 3.02. The summed E-state index contributed by atoms with van der Waals surface area (Å²) in [5.41, 5.74) is 1.59. The van der Waals surface area contributed by atoms with Crippen molar-refractivity contribution in [2.24, 2.45) is 0 Å². The number of hydrogen-bond acceptors (Lipinski definition) is 1. The molecule has 0 saturated carbocycles. The number of nitrogens with one attached hydrogen (secondary N) is 1. The van der Waals surface area contributed by atoms with E-state index < -0.39 is 0 Å². The molecule has 1 aromatic carbocycles. The van der Waals surface area contributed by atoms with Crippen LogP contribution in [0.5, 0.6) is 0 Å². The quantitative estimate of drug-likeness (QED) is 0.695. The van der Waals surface area contributed by atoms with E-state index in [0.29, 0.717) is 11.6 Å². The first kappa shape index (κ1) is 8.30. The van der Waals surface area contributed by atoms with Crippen molar-refractivity contribution in [1.82, 2.24) is 5.32 Å². The van der Waals surface area contributed by atoms with Crippen LogP contribution in [-0.4, -0.2) is 6.04 Å². The highest BCUT2D eigenvalue weighted by Gasteiger charge is 2.14. The van der Waals surface area contributed by atoms with Gasteiger partial charge in [0, 0.05) is 17.3 Å². The van der Waals surface area contributed by atoms with E-state index in [9.17, 15) is 4.39 Å². The van der Waals surface area contributed by atoms with Crippen LogP contribution < -0.4 is 5.32 Å². The molecule has 1 aliphatic heterocycles. The highest BCUT2D eigenvalue weighted by Crippen LogP contribution is 2.21. The van der Waals surface area contributed by atoms with Crippen molar-refractivity contribution in [3.8, 4) is 0 Å². The molecule has 1 N–H and O–H groups in total. The fraction of sp³-hybridized carbons (Fsp3) is 0.273. The Labute approximate surface area is 77.3 Å². The largest absolute Gasteiger partial charge is 0.382 e. The number of hydrogen-bond donors (Lipinski definition) is 1. The minimum atomic E-state index is -0.157. The number of rotatable bonds is 1. The van der Waals surface area contributed by atoms with Gasteiger partial charge >= 0.3 is 0 Å². The van der Waals surface area contributed by atoms with Crippen LogP contribution in [0, 0.1) is 5.82 Å². The van der Waals surface area contributed by atoms with Gasteiger partial charge in [0.15, 0.2) is 0 Å².